The molecule has 0 unspecified atom stereocenters. The molecule has 25 heavy (non-hydrogen) atoms. The molecule has 2 aromatic carbocycles. The van der Waals surface area contributed by atoms with E-state index in [1.165, 1.54) is 5.56 Å². The zero-order chi connectivity index (χ0) is 18.0. The molecule has 1 heterocycles. The predicted octanol–water partition coefficient (Wildman–Crippen LogP) is 1.99. The molecule has 0 atom stereocenters. The Balaban J connectivity index is 2.01. The summed E-state index contributed by atoms with van der Waals surface area (Å²) in [5.41, 5.74) is 3.23. The first kappa shape index (κ1) is 17.1. The van der Waals surface area contributed by atoms with Crippen LogP contribution in [0.25, 0.3) is 0 Å². The smallest absolute Gasteiger partial charge is 0.280 e. The van der Waals surface area contributed by atoms with Crippen molar-refractivity contribution < 1.29 is 19.2 Å². The number of rotatable bonds is 4. The number of ether oxygens (including phenoxy) is 3. The van der Waals surface area contributed by atoms with Gasteiger partial charge in [-0.25, -0.2) is 5.32 Å². The first-order valence-electron chi connectivity index (χ1n) is 8.27. The second-order valence-corrected chi connectivity index (χ2v) is 6.78. The van der Waals surface area contributed by atoms with Gasteiger partial charge in [0.1, 0.15) is 17.0 Å². The topological polar surface area (TPSA) is 53.7 Å². The third-order valence-electron chi connectivity index (χ3n) is 4.33. The Bertz CT molecular complexity index is 795. The van der Waals surface area contributed by atoms with Crippen molar-refractivity contribution in [3.63, 3.8) is 0 Å². The molecule has 0 aromatic heterocycles. The van der Waals surface area contributed by atoms with Gasteiger partial charge in [-0.3, -0.25) is 4.99 Å². The van der Waals surface area contributed by atoms with Crippen LogP contribution in [0.15, 0.2) is 36.4 Å². The van der Waals surface area contributed by atoms with E-state index in [9.17, 15) is 0 Å². The number of nitrogens with one attached hydrogen (secondary N) is 2. The Hall–Kier alpha value is -2.69. The van der Waals surface area contributed by atoms with Gasteiger partial charge in [-0.15, -0.1) is 0 Å². The lowest BCUT2D eigenvalue weighted by molar-refractivity contribution is -0.545. The molecule has 3 rings (SSSR count). The van der Waals surface area contributed by atoms with Crippen molar-refractivity contribution in [1.29, 1.82) is 0 Å². The molecular weight excluding hydrogens is 316 g/mol. The maximum absolute atomic E-state index is 5.47. The summed E-state index contributed by atoms with van der Waals surface area (Å²) in [6.45, 7) is 4.37. The molecule has 0 radical (unpaired) electrons. The van der Waals surface area contributed by atoms with Crippen molar-refractivity contribution in [3.8, 4) is 17.2 Å². The van der Waals surface area contributed by atoms with Crippen molar-refractivity contribution in [2.75, 3.05) is 26.6 Å². The summed E-state index contributed by atoms with van der Waals surface area (Å²) < 4.78 is 16.2. The van der Waals surface area contributed by atoms with Gasteiger partial charge in [0.15, 0.2) is 11.5 Å². The molecule has 2 N–H and O–H groups in total. The molecule has 5 nitrogen and oxygen atoms in total. The first-order chi connectivity index (χ1) is 12.0. The molecule has 132 valence electrons. The number of hydrogen-bond donors (Lipinski definition) is 2. The van der Waals surface area contributed by atoms with E-state index in [0.717, 1.165) is 40.8 Å². The van der Waals surface area contributed by atoms with Crippen molar-refractivity contribution in [3.05, 3.63) is 47.5 Å². The van der Waals surface area contributed by atoms with Crippen molar-refractivity contribution >= 4 is 11.5 Å². The minimum atomic E-state index is -0.0681. The van der Waals surface area contributed by atoms with Gasteiger partial charge >= 0.3 is 0 Å². The summed E-state index contributed by atoms with van der Waals surface area (Å²) in [5, 5.41) is 3.49. The van der Waals surface area contributed by atoms with Crippen LogP contribution in [0.1, 0.15) is 25.0 Å². The molecule has 0 bridgehead atoms. The van der Waals surface area contributed by atoms with Gasteiger partial charge < -0.3 is 14.2 Å². The van der Waals surface area contributed by atoms with Crippen LogP contribution in [-0.2, 0) is 6.42 Å². The Labute approximate surface area is 148 Å². The third kappa shape index (κ3) is 3.55. The largest absolute Gasteiger partial charge is 0.497 e. The van der Waals surface area contributed by atoms with Crippen LogP contribution < -0.4 is 24.5 Å². The van der Waals surface area contributed by atoms with Gasteiger partial charge in [-0.2, -0.15) is 0 Å². The fourth-order valence-corrected chi connectivity index (χ4v) is 3.14. The van der Waals surface area contributed by atoms with E-state index in [4.69, 9.17) is 14.2 Å². The van der Waals surface area contributed by atoms with Gasteiger partial charge in [0.2, 0.25) is 0 Å². The minimum absolute atomic E-state index is 0.0681. The van der Waals surface area contributed by atoms with Crippen LogP contribution in [0, 0.1) is 0 Å². The average Bonchev–Trinajstić information content (AvgIpc) is 2.60. The number of benzene rings is 2. The van der Waals surface area contributed by atoms with Gasteiger partial charge in [0, 0.05) is 6.42 Å². The summed E-state index contributed by atoms with van der Waals surface area (Å²) in [7, 11) is 4.98. The van der Waals surface area contributed by atoms with E-state index in [-0.39, 0.29) is 5.54 Å². The molecule has 1 aliphatic rings. The summed E-state index contributed by atoms with van der Waals surface area (Å²) in [5.74, 6) is 3.26. The quantitative estimate of drug-likeness (QED) is 0.893. The van der Waals surface area contributed by atoms with Crippen LogP contribution in [0.5, 0.6) is 17.2 Å². The Morgan fingerprint density at radius 1 is 0.920 bits per heavy atom. The Kier molecular flexibility index (Phi) is 4.57. The molecular formula is C20H25N2O3+. The second kappa shape index (κ2) is 6.67. The maximum atomic E-state index is 5.47. The molecule has 0 amide bonds. The average molecular weight is 341 g/mol. The highest BCUT2D eigenvalue weighted by molar-refractivity contribution is 6.06. The molecule has 5 heteroatoms. The zero-order valence-electron chi connectivity index (χ0n) is 15.4. The van der Waals surface area contributed by atoms with Gasteiger partial charge in [0.25, 0.3) is 5.84 Å². The number of methoxy groups -OCH3 is 3. The number of amidine groups is 1. The number of fused-ring (bicyclic) bond motifs is 1. The number of hydrogen-bond acceptors (Lipinski definition) is 4. The fourth-order valence-electron chi connectivity index (χ4n) is 3.14. The standard InChI is InChI=1S/C20H24N2O3/c1-20(2)12-13-10-17(24-4)18(25-5)11-16(13)19(22-20)21-14-6-8-15(23-3)9-7-14/h6-11H,12H2,1-5H3,(H,21,22)/p+1. The first-order valence-corrected chi connectivity index (χ1v) is 8.27. The summed E-state index contributed by atoms with van der Waals surface area (Å²) in [6, 6.07) is 11.9. The van der Waals surface area contributed by atoms with E-state index in [1.54, 1.807) is 21.3 Å². The normalized spacial score (nSPS) is 15.0. The summed E-state index contributed by atoms with van der Waals surface area (Å²) in [6.07, 6.45) is 0.899. The van der Waals surface area contributed by atoms with Crippen LogP contribution in [0.2, 0.25) is 0 Å². The Morgan fingerprint density at radius 3 is 2.16 bits per heavy atom. The van der Waals surface area contributed by atoms with Crippen LogP contribution >= 0.6 is 0 Å². The lowest BCUT2D eigenvalue weighted by Crippen LogP contribution is -2.89. The Morgan fingerprint density at radius 2 is 1.56 bits per heavy atom. The molecule has 1 aliphatic heterocycles. The van der Waals surface area contributed by atoms with E-state index in [2.05, 4.69) is 30.2 Å². The number of anilines is 1. The van der Waals surface area contributed by atoms with Gasteiger partial charge in [0.05, 0.1) is 26.9 Å². The van der Waals surface area contributed by atoms with E-state index in [1.807, 2.05) is 30.3 Å². The molecule has 0 saturated carbocycles. The minimum Gasteiger partial charge on any atom is -0.497 e. The van der Waals surface area contributed by atoms with E-state index >= 15 is 0 Å². The van der Waals surface area contributed by atoms with E-state index < -0.39 is 0 Å². The fraction of sp³-hybridized carbons (Fsp3) is 0.350. The molecule has 2 aromatic rings. The molecule has 0 spiro atoms. The van der Waals surface area contributed by atoms with Gasteiger partial charge in [-0.1, -0.05) is 0 Å². The van der Waals surface area contributed by atoms with Crippen LogP contribution in [-0.4, -0.2) is 32.7 Å². The molecule has 0 saturated heterocycles. The maximum Gasteiger partial charge on any atom is 0.280 e. The van der Waals surface area contributed by atoms with E-state index in [0.29, 0.717) is 0 Å². The third-order valence-corrected chi connectivity index (χ3v) is 4.33. The van der Waals surface area contributed by atoms with Gasteiger partial charge in [-0.05, 0) is 55.8 Å². The zero-order valence-corrected chi connectivity index (χ0v) is 15.4. The summed E-state index contributed by atoms with van der Waals surface area (Å²) >= 11 is 0. The summed E-state index contributed by atoms with van der Waals surface area (Å²) in [4.78, 5) is 3.59. The molecule has 0 aliphatic carbocycles. The molecule has 0 fully saturated rings. The monoisotopic (exact) mass is 341 g/mol. The highest BCUT2D eigenvalue weighted by Gasteiger charge is 2.32. The van der Waals surface area contributed by atoms with Crippen molar-refractivity contribution in [2.45, 2.75) is 25.8 Å². The SMILES string of the molecule is COc1ccc(NC2=[NH+]C(C)(C)Cc3cc(OC)c(OC)cc32)cc1. The highest BCUT2D eigenvalue weighted by atomic mass is 16.5. The second-order valence-electron chi connectivity index (χ2n) is 6.78. The van der Waals surface area contributed by atoms with Crippen molar-refractivity contribution in [1.82, 2.24) is 0 Å². The lowest BCUT2D eigenvalue weighted by Gasteiger charge is -2.26. The van der Waals surface area contributed by atoms with Crippen LogP contribution in [0.4, 0.5) is 5.69 Å². The van der Waals surface area contributed by atoms with Crippen LogP contribution in [0.3, 0.4) is 0 Å². The predicted molar refractivity (Wildman–Crippen MR) is 99.0 cm³/mol. The lowest BCUT2D eigenvalue weighted by atomic mass is 9.88. The highest BCUT2D eigenvalue weighted by Crippen LogP contribution is 2.33. The van der Waals surface area contributed by atoms with Crippen molar-refractivity contribution in [2.24, 2.45) is 0 Å².